The zero-order chi connectivity index (χ0) is 22.8. The first-order valence-corrected chi connectivity index (χ1v) is 10.2. The molecule has 0 unspecified atom stereocenters. The molecule has 3 heterocycles. The molecule has 0 fully saturated rings. The Balaban J connectivity index is 1.73. The van der Waals surface area contributed by atoms with Gasteiger partial charge in [0, 0.05) is 49.3 Å². The standard InChI is InChI=1S/C22H26N8O2/c1-12(23)8-25-17-6-5-15(19-16(17)9-26-22(29-19)32-4)21(31)28-14-7-18(24-3)20-27-13(2)10-30(20)11-14/h5-7,9-12,24-25H,8,23H2,1-4H3,(H,28,31)/t12-/m0/s1. The third-order valence-electron chi connectivity index (χ3n) is 4.97. The Morgan fingerprint density at radius 3 is 2.78 bits per heavy atom. The Morgan fingerprint density at radius 1 is 1.25 bits per heavy atom. The van der Waals surface area contributed by atoms with Gasteiger partial charge in [-0.3, -0.25) is 4.79 Å². The molecular weight excluding hydrogens is 408 g/mol. The number of hydrogen-bond donors (Lipinski definition) is 4. The third-order valence-corrected chi connectivity index (χ3v) is 4.97. The summed E-state index contributed by atoms with van der Waals surface area (Å²) in [5, 5.41) is 10.1. The fraction of sp³-hybridized carbons (Fsp3) is 0.273. The van der Waals surface area contributed by atoms with Crippen LogP contribution >= 0.6 is 0 Å². The molecule has 1 atom stereocenters. The smallest absolute Gasteiger partial charge is 0.316 e. The van der Waals surface area contributed by atoms with Gasteiger partial charge in [-0.25, -0.2) is 9.97 Å². The number of carbonyl (C=O) groups is 1. The number of fused-ring (bicyclic) bond motifs is 2. The van der Waals surface area contributed by atoms with Gasteiger partial charge >= 0.3 is 6.01 Å². The molecule has 10 nitrogen and oxygen atoms in total. The van der Waals surface area contributed by atoms with Crippen LogP contribution in [0, 0.1) is 6.92 Å². The number of imidazole rings is 1. The molecule has 0 aliphatic carbocycles. The van der Waals surface area contributed by atoms with Gasteiger partial charge in [0.2, 0.25) is 0 Å². The van der Waals surface area contributed by atoms with Crippen LogP contribution in [0.2, 0.25) is 0 Å². The average Bonchev–Trinajstić information content (AvgIpc) is 3.16. The van der Waals surface area contributed by atoms with Crippen LogP contribution in [0.4, 0.5) is 17.1 Å². The summed E-state index contributed by atoms with van der Waals surface area (Å²) in [6, 6.07) is 5.55. The number of anilines is 3. The Bertz CT molecular complexity index is 1300. The number of nitrogens with one attached hydrogen (secondary N) is 3. The maximum absolute atomic E-state index is 13.2. The van der Waals surface area contributed by atoms with Crippen molar-refractivity contribution in [3.05, 3.63) is 48.0 Å². The minimum absolute atomic E-state index is 0.0321. The molecule has 32 heavy (non-hydrogen) atoms. The SMILES string of the molecule is CNc1cc(NC(=O)c2ccc(NC[C@H](C)N)c3cnc(OC)nc23)cn2cc(C)nc12. The first-order valence-electron chi connectivity index (χ1n) is 10.2. The number of amides is 1. The van der Waals surface area contributed by atoms with Gasteiger partial charge in [0.15, 0.2) is 5.65 Å². The number of methoxy groups -OCH3 is 1. The number of nitrogens with zero attached hydrogens (tertiary/aromatic N) is 4. The van der Waals surface area contributed by atoms with E-state index in [1.165, 1.54) is 7.11 Å². The zero-order valence-electron chi connectivity index (χ0n) is 18.4. The molecule has 0 saturated heterocycles. The maximum atomic E-state index is 13.2. The van der Waals surface area contributed by atoms with Crippen molar-refractivity contribution in [2.24, 2.45) is 5.73 Å². The van der Waals surface area contributed by atoms with E-state index in [2.05, 4.69) is 30.9 Å². The number of rotatable bonds is 7. The zero-order valence-corrected chi connectivity index (χ0v) is 18.4. The minimum Gasteiger partial charge on any atom is -0.467 e. The minimum atomic E-state index is -0.298. The van der Waals surface area contributed by atoms with Crippen LogP contribution in [0.3, 0.4) is 0 Å². The second kappa shape index (κ2) is 8.67. The Labute approximate surface area is 185 Å². The number of ether oxygens (including phenoxy) is 1. The number of aryl methyl sites for hydroxylation is 1. The van der Waals surface area contributed by atoms with Gasteiger partial charge in [0.1, 0.15) is 0 Å². The summed E-state index contributed by atoms with van der Waals surface area (Å²) >= 11 is 0. The van der Waals surface area contributed by atoms with Crippen molar-refractivity contribution in [1.29, 1.82) is 0 Å². The van der Waals surface area contributed by atoms with Crippen LogP contribution in [0.5, 0.6) is 6.01 Å². The van der Waals surface area contributed by atoms with Gasteiger partial charge < -0.3 is 30.8 Å². The van der Waals surface area contributed by atoms with Crippen molar-refractivity contribution in [1.82, 2.24) is 19.4 Å². The van der Waals surface area contributed by atoms with Crippen LogP contribution in [0.1, 0.15) is 23.0 Å². The van der Waals surface area contributed by atoms with Crippen LogP contribution in [-0.4, -0.2) is 52.0 Å². The Morgan fingerprint density at radius 2 is 2.06 bits per heavy atom. The van der Waals surface area contributed by atoms with E-state index in [1.54, 1.807) is 12.3 Å². The highest BCUT2D eigenvalue weighted by atomic mass is 16.5. The number of carbonyl (C=O) groups excluding carboxylic acids is 1. The summed E-state index contributed by atoms with van der Waals surface area (Å²) in [7, 11) is 3.30. The second-order valence-corrected chi connectivity index (χ2v) is 7.60. The average molecular weight is 435 g/mol. The second-order valence-electron chi connectivity index (χ2n) is 7.60. The van der Waals surface area contributed by atoms with Gasteiger partial charge in [-0.05, 0) is 32.0 Å². The quantitative estimate of drug-likeness (QED) is 0.349. The van der Waals surface area contributed by atoms with Crippen molar-refractivity contribution in [2.45, 2.75) is 19.9 Å². The van der Waals surface area contributed by atoms with Crippen molar-refractivity contribution in [3.63, 3.8) is 0 Å². The van der Waals surface area contributed by atoms with Crippen molar-refractivity contribution < 1.29 is 9.53 Å². The lowest BCUT2D eigenvalue weighted by atomic mass is 10.1. The van der Waals surface area contributed by atoms with E-state index in [0.29, 0.717) is 28.7 Å². The number of nitrogens with two attached hydrogens (primary N) is 1. The van der Waals surface area contributed by atoms with Gasteiger partial charge in [-0.2, -0.15) is 4.98 Å². The monoisotopic (exact) mass is 434 g/mol. The van der Waals surface area contributed by atoms with E-state index in [4.69, 9.17) is 10.5 Å². The van der Waals surface area contributed by atoms with Gasteiger partial charge in [0.25, 0.3) is 5.91 Å². The third kappa shape index (κ3) is 4.12. The summed E-state index contributed by atoms with van der Waals surface area (Å²) in [4.78, 5) is 26.4. The molecule has 4 aromatic rings. The molecule has 1 amide bonds. The summed E-state index contributed by atoms with van der Waals surface area (Å²) in [6.45, 7) is 4.41. The van der Waals surface area contributed by atoms with E-state index < -0.39 is 0 Å². The van der Waals surface area contributed by atoms with E-state index in [-0.39, 0.29) is 18.0 Å². The van der Waals surface area contributed by atoms with E-state index >= 15 is 0 Å². The lowest BCUT2D eigenvalue weighted by Crippen LogP contribution is -2.25. The van der Waals surface area contributed by atoms with Crippen molar-refractivity contribution in [3.8, 4) is 6.01 Å². The largest absolute Gasteiger partial charge is 0.467 e. The van der Waals surface area contributed by atoms with Crippen LogP contribution in [0.25, 0.3) is 16.6 Å². The summed E-state index contributed by atoms with van der Waals surface area (Å²) in [5.41, 5.74) is 10.7. The summed E-state index contributed by atoms with van der Waals surface area (Å²) < 4.78 is 7.06. The normalized spacial score (nSPS) is 12.0. The van der Waals surface area contributed by atoms with E-state index in [9.17, 15) is 4.79 Å². The molecule has 4 rings (SSSR count). The molecule has 0 radical (unpaired) electrons. The first-order chi connectivity index (χ1) is 15.4. The van der Waals surface area contributed by atoms with Crippen LogP contribution in [0.15, 0.2) is 36.8 Å². The molecule has 0 aliphatic heterocycles. The van der Waals surface area contributed by atoms with Gasteiger partial charge in [0.05, 0.1) is 35.3 Å². The number of hydrogen-bond acceptors (Lipinski definition) is 8. The molecule has 5 N–H and O–H groups in total. The predicted octanol–water partition coefficient (Wildman–Crippen LogP) is 2.65. The predicted molar refractivity (Wildman–Crippen MR) is 126 cm³/mol. The Kier molecular flexibility index (Phi) is 5.78. The highest BCUT2D eigenvalue weighted by Gasteiger charge is 2.17. The molecule has 0 aliphatic rings. The van der Waals surface area contributed by atoms with Crippen molar-refractivity contribution in [2.75, 3.05) is 36.7 Å². The lowest BCUT2D eigenvalue weighted by molar-refractivity contribution is 0.102. The molecule has 0 bridgehead atoms. The fourth-order valence-electron chi connectivity index (χ4n) is 3.48. The summed E-state index contributed by atoms with van der Waals surface area (Å²) in [5.74, 6) is -0.298. The molecule has 3 aromatic heterocycles. The molecule has 1 aromatic carbocycles. The van der Waals surface area contributed by atoms with E-state index in [0.717, 1.165) is 22.7 Å². The topological polar surface area (TPSA) is 131 Å². The highest BCUT2D eigenvalue weighted by Crippen LogP contribution is 2.28. The van der Waals surface area contributed by atoms with Crippen LogP contribution < -0.4 is 26.4 Å². The first kappa shape index (κ1) is 21.3. The number of pyridine rings is 1. The van der Waals surface area contributed by atoms with Crippen LogP contribution in [-0.2, 0) is 0 Å². The van der Waals surface area contributed by atoms with Gasteiger partial charge in [-0.15, -0.1) is 0 Å². The molecule has 0 saturated carbocycles. The van der Waals surface area contributed by atoms with Crippen molar-refractivity contribution >= 4 is 39.5 Å². The Hall–Kier alpha value is -3.92. The molecule has 0 spiro atoms. The maximum Gasteiger partial charge on any atom is 0.316 e. The van der Waals surface area contributed by atoms with Gasteiger partial charge in [-0.1, -0.05) is 0 Å². The summed E-state index contributed by atoms with van der Waals surface area (Å²) in [6.07, 6.45) is 5.36. The highest BCUT2D eigenvalue weighted by molar-refractivity contribution is 6.13. The lowest BCUT2D eigenvalue weighted by Gasteiger charge is -2.14. The molecule has 166 valence electrons. The fourth-order valence-corrected chi connectivity index (χ4v) is 3.48. The number of aromatic nitrogens is 4. The molecular formula is C22H26N8O2. The van der Waals surface area contributed by atoms with E-state index in [1.807, 2.05) is 49.8 Å². The molecule has 10 heteroatoms. The number of benzene rings is 1.